The molecular formula is C68H87N15O21S. The Morgan fingerprint density at radius 3 is 1.40 bits per heavy atom. The Kier molecular flexibility index (Phi) is 33.4. The van der Waals surface area contributed by atoms with Crippen LogP contribution in [0.25, 0.3) is 0 Å². The van der Waals surface area contributed by atoms with Crippen LogP contribution in [0.4, 0.5) is 0 Å². The number of nitrogens with one attached hydrogen (secondary N) is 12. The third kappa shape index (κ3) is 29.9. The molecule has 5 aromatic rings. The number of nitrogens with two attached hydrogens (primary N) is 2. The predicted molar refractivity (Wildman–Crippen MR) is 373 cm³/mol. The maximum Gasteiger partial charge on any atom is 0.446 e. The van der Waals surface area contributed by atoms with E-state index in [9.17, 15) is 91.2 Å². The number of carbonyl (C=O) groups is 13. The van der Waals surface area contributed by atoms with Gasteiger partial charge in [0.25, 0.3) is 0 Å². The number of imidazole rings is 1. The number of aromatic nitrogens is 2. The summed E-state index contributed by atoms with van der Waals surface area (Å²) in [6.07, 6.45) is 0.0607. The first-order valence-corrected chi connectivity index (χ1v) is 34.6. The van der Waals surface area contributed by atoms with Gasteiger partial charge in [-0.3, -0.25) is 67.5 Å². The number of phenolic OH excluding ortho intramolecular Hbond substituents is 1. The summed E-state index contributed by atoms with van der Waals surface area (Å²) in [4.78, 5) is 185. The molecule has 9 amide bonds. The van der Waals surface area contributed by atoms with E-state index < -0.39 is 174 Å². The lowest BCUT2D eigenvalue weighted by atomic mass is 9.98. The second-order valence-electron chi connectivity index (χ2n) is 24.3. The van der Waals surface area contributed by atoms with Gasteiger partial charge in [0.15, 0.2) is 11.7 Å². The maximum atomic E-state index is 14.8. The number of phenols is 1. The van der Waals surface area contributed by atoms with E-state index >= 15 is 0 Å². The number of nitrogens with zero attached hydrogens (tertiary/aromatic N) is 1. The van der Waals surface area contributed by atoms with Gasteiger partial charge in [0.2, 0.25) is 53.2 Å². The molecule has 36 nitrogen and oxygen atoms in total. The number of H-pyrrole nitrogens is 1. The number of carboxylic acids is 3. The molecular weight excluding hydrogens is 1390 g/mol. The molecule has 0 aliphatic carbocycles. The van der Waals surface area contributed by atoms with Gasteiger partial charge in [-0.2, -0.15) is 8.42 Å². The van der Waals surface area contributed by atoms with E-state index in [1.165, 1.54) is 61.1 Å². The third-order valence-electron chi connectivity index (χ3n) is 15.9. The van der Waals surface area contributed by atoms with Crippen molar-refractivity contribution >= 4 is 93.2 Å². The van der Waals surface area contributed by atoms with Crippen molar-refractivity contribution < 1.29 is 99.9 Å². The molecule has 0 saturated carbocycles. The molecule has 0 unspecified atom stereocenters. The first-order chi connectivity index (χ1) is 49.8. The van der Waals surface area contributed by atoms with Crippen molar-refractivity contribution in [2.45, 2.75) is 158 Å². The molecule has 4 aromatic carbocycles. The number of hydrogen-bond acceptors (Lipinski definition) is 20. The van der Waals surface area contributed by atoms with Crippen LogP contribution in [-0.2, 0) is 93.6 Å². The summed E-state index contributed by atoms with van der Waals surface area (Å²) in [6, 6.07) is 9.54. The van der Waals surface area contributed by atoms with Crippen molar-refractivity contribution in [3.63, 3.8) is 0 Å². The summed E-state index contributed by atoms with van der Waals surface area (Å²) in [7, 11) is -4.92. The number of guanidine groups is 1. The van der Waals surface area contributed by atoms with Gasteiger partial charge >= 0.3 is 28.3 Å². The van der Waals surface area contributed by atoms with Crippen molar-refractivity contribution in [2.75, 3.05) is 13.1 Å². The standard InChI is InChI=1S/C68H87N15O21S/c1-3-5-13-47(77-60(92)49(15-10-28-73-68(70)71)79-64(96)51(32-43-35-72-37-75-43)76-55(85)36-74-59(91)46(69)29-38-18-24-44(84)25-19-38)61(93)80-50(30-39-16-22-42(23-17-39)58(90)41-11-8-7-9-12-41)63(95)82-52(33-56(86)87)65(97)78-48(14-6-4-2)62(94)81-53(34-57(88)89)66(98)83-54(67(99)100)31-40-20-26-45(27-21-40)104-105(101,102)103/h7-9,11-12,16-27,35,37,46-54,84H,3-6,10,13-15,28-34,36,69H2,1-2H3,(H,72,75)(H,74,91)(H,76,85)(H,77,92)(H,78,97)(H,79,96)(H,80,93)(H,81,94)(H,82,95)(H,83,98)(H,86,87)(H,88,89)(H,99,100)(H4,70,71,73)(H,101,102,103)/t46-,47+,48+,49+,50+,51+,52+,53+,54+/m1/s1. The van der Waals surface area contributed by atoms with Gasteiger partial charge in [0.1, 0.15) is 59.8 Å². The summed E-state index contributed by atoms with van der Waals surface area (Å²) in [5.41, 5.74) is 13.5. The Labute approximate surface area is 602 Å². The zero-order chi connectivity index (χ0) is 77.3. The van der Waals surface area contributed by atoms with Crippen molar-refractivity contribution in [2.24, 2.45) is 11.5 Å². The molecule has 1 heterocycles. The second-order valence-corrected chi connectivity index (χ2v) is 25.3. The lowest BCUT2D eigenvalue weighted by Crippen LogP contribution is -2.61. The van der Waals surface area contributed by atoms with Crippen molar-refractivity contribution in [3.8, 4) is 11.5 Å². The number of aromatic amines is 1. The average Bonchev–Trinajstić information content (AvgIpc) is 1.03. The predicted octanol–water partition coefficient (Wildman–Crippen LogP) is -1.20. The van der Waals surface area contributed by atoms with Crippen LogP contribution in [-0.4, -0.2) is 194 Å². The molecule has 0 bridgehead atoms. The van der Waals surface area contributed by atoms with Gasteiger partial charge in [0.05, 0.1) is 37.4 Å². The molecule has 0 aliphatic rings. The highest BCUT2D eigenvalue weighted by Crippen LogP contribution is 2.18. The highest BCUT2D eigenvalue weighted by Gasteiger charge is 2.37. The number of amides is 9. The van der Waals surface area contributed by atoms with Crippen LogP contribution in [0.3, 0.4) is 0 Å². The third-order valence-corrected chi connectivity index (χ3v) is 16.3. The number of carboxylic acid groups (broad SMARTS) is 3. The van der Waals surface area contributed by atoms with Crippen LogP contribution < -0.4 is 68.8 Å². The second kappa shape index (κ2) is 41.9. The molecule has 5 rings (SSSR count). The molecule has 0 fully saturated rings. The maximum absolute atomic E-state index is 14.8. The van der Waals surface area contributed by atoms with Gasteiger partial charge in [-0.25, -0.2) is 9.78 Å². The minimum absolute atomic E-state index is 0.00366. The van der Waals surface area contributed by atoms with Crippen molar-refractivity contribution in [3.05, 3.63) is 149 Å². The fourth-order valence-electron chi connectivity index (χ4n) is 10.4. The largest absolute Gasteiger partial charge is 0.508 e. The number of aliphatic carboxylic acids is 3. The molecule has 9 atom stereocenters. The monoisotopic (exact) mass is 1480 g/mol. The van der Waals surface area contributed by atoms with Crippen LogP contribution in [0, 0.1) is 5.41 Å². The molecule has 0 saturated heterocycles. The van der Waals surface area contributed by atoms with E-state index in [4.69, 9.17) is 21.4 Å². The number of hydrogen-bond donors (Lipinski definition) is 19. The summed E-state index contributed by atoms with van der Waals surface area (Å²) in [6.45, 7) is 2.82. The lowest BCUT2D eigenvalue weighted by Gasteiger charge is -2.28. The fourth-order valence-corrected chi connectivity index (χ4v) is 10.8. The van der Waals surface area contributed by atoms with E-state index in [1.54, 1.807) is 56.3 Å². The molecule has 0 spiro atoms. The number of aromatic hydroxyl groups is 1. The molecule has 1 aromatic heterocycles. The zero-order valence-electron chi connectivity index (χ0n) is 57.3. The van der Waals surface area contributed by atoms with Crippen LogP contribution in [0.5, 0.6) is 11.5 Å². The Bertz CT molecular complexity index is 3950. The Hall–Kier alpha value is -11.9. The van der Waals surface area contributed by atoms with Crippen LogP contribution in [0.2, 0.25) is 0 Å². The van der Waals surface area contributed by atoms with Crippen LogP contribution >= 0.6 is 0 Å². The van der Waals surface area contributed by atoms with Gasteiger partial charge in [0, 0.05) is 43.1 Å². The summed E-state index contributed by atoms with van der Waals surface area (Å²) >= 11 is 0. The molecule has 0 radical (unpaired) electrons. The summed E-state index contributed by atoms with van der Waals surface area (Å²) in [5.74, 6) is -15.6. The van der Waals surface area contributed by atoms with Gasteiger partial charge in [-0.1, -0.05) is 118 Å². The topological polar surface area (TPSA) is 591 Å². The van der Waals surface area contributed by atoms with Crippen LogP contribution in [0.15, 0.2) is 116 Å². The number of unbranched alkanes of at least 4 members (excludes halogenated alkanes) is 2. The number of rotatable bonds is 45. The average molecular weight is 1480 g/mol. The SMILES string of the molecule is CCCC[C@H](NC(=O)[C@H](CC(=O)O)NC(=O)[C@H](Cc1ccc(C(=O)c2ccccc2)cc1)NC(=O)[C@H](CCCC)NC(=O)[C@H](CCCNC(=N)N)NC(=O)[C@H](Cc1c[nH]cn1)NC(=O)CNC(=O)[C@H](N)Cc1ccc(O)cc1)C(=O)N[C@@H](CC(=O)O)C(=O)N[C@@H](Cc1ccc(OS(=O)(=O)O)cc1)C(=O)O. The first-order valence-electron chi connectivity index (χ1n) is 33.2. The molecule has 0 aliphatic heterocycles. The lowest BCUT2D eigenvalue weighted by molar-refractivity contribution is -0.143. The molecule has 566 valence electrons. The van der Waals surface area contributed by atoms with E-state index in [0.717, 1.165) is 12.1 Å². The number of carbonyl (C=O) groups excluding carboxylic acids is 10. The normalized spacial score (nSPS) is 13.6. The smallest absolute Gasteiger partial charge is 0.446 e. The summed E-state index contributed by atoms with van der Waals surface area (Å²) in [5, 5.41) is 71.8. The first kappa shape index (κ1) is 83.8. The summed E-state index contributed by atoms with van der Waals surface area (Å²) < 4.78 is 35.6. The van der Waals surface area contributed by atoms with Gasteiger partial charge in [-0.05, 0) is 73.1 Å². The van der Waals surface area contributed by atoms with E-state index in [2.05, 4.69) is 67.3 Å². The Balaban J connectivity index is 1.42. The van der Waals surface area contributed by atoms with E-state index in [-0.39, 0.29) is 97.6 Å². The van der Waals surface area contributed by atoms with E-state index in [1.807, 2.05) is 0 Å². The minimum Gasteiger partial charge on any atom is -0.508 e. The zero-order valence-corrected chi connectivity index (χ0v) is 58.1. The molecule has 105 heavy (non-hydrogen) atoms. The number of benzene rings is 4. The Morgan fingerprint density at radius 1 is 0.514 bits per heavy atom. The van der Waals surface area contributed by atoms with Gasteiger partial charge < -0.3 is 94.2 Å². The minimum atomic E-state index is -4.92. The van der Waals surface area contributed by atoms with E-state index in [0.29, 0.717) is 24.0 Å². The Morgan fingerprint density at radius 2 is 0.933 bits per heavy atom. The number of ketones is 1. The fraction of sp³-hybridized carbons (Fsp3) is 0.397. The van der Waals surface area contributed by atoms with Crippen molar-refractivity contribution in [1.29, 1.82) is 5.41 Å². The molecule has 21 N–H and O–H groups in total. The van der Waals surface area contributed by atoms with Crippen LogP contribution in [0.1, 0.15) is 116 Å². The van der Waals surface area contributed by atoms with Gasteiger partial charge in [-0.15, -0.1) is 0 Å². The molecule has 37 heteroatoms. The quantitative estimate of drug-likeness (QED) is 0.00715. The highest BCUT2D eigenvalue weighted by molar-refractivity contribution is 7.81. The van der Waals surface area contributed by atoms with Crippen molar-refractivity contribution in [1.82, 2.24) is 63.1 Å². The highest BCUT2D eigenvalue weighted by atomic mass is 32.3.